The molecule has 0 fully saturated rings. The fourth-order valence-electron chi connectivity index (χ4n) is 1.78. The highest BCUT2D eigenvalue weighted by molar-refractivity contribution is 7.22. The third kappa shape index (κ3) is 2.33. The van der Waals surface area contributed by atoms with Crippen LogP contribution in [-0.4, -0.2) is 16.0 Å². The summed E-state index contributed by atoms with van der Waals surface area (Å²) < 4.78 is 13.7. The minimum Gasteiger partial charge on any atom is -0.507 e. The van der Waals surface area contributed by atoms with Crippen LogP contribution in [0.4, 0.5) is 9.52 Å². The molecule has 3 rings (SSSR count). The molecule has 1 heterocycles. The Hall–Kier alpha value is -2.47. The van der Waals surface area contributed by atoms with E-state index in [0.717, 1.165) is 0 Å². The van der Waals surface area contributed by atoms with E-state index in [-0.39, 0.29) is 17.1 Å². The van der Waals surface area contributed by atoms with Gasteiger partial charge in [-0.1, -0.05) is 23.5 Å². The predicted octanol–water partition coefficient (Wildman–Crippen LogP) is 3.39. The summed E-state index contributed by atoms with van der Waals surface area (Å²) in [7, 11) is 0. The van der Waals surface area contributed by atoms with E-state index in [0.29, 0.717) is 15.3 Å². The zero-order valence-electron chi connectivity index (χ0n) is 10.1. The van der Waals surface area contributed by atoms with Gasteiger partial charge in [0, 0.05) is 0 Å². The third-order valence-corrected chi connectivity index (χ3v) is 3.65. The van der Waals surface area contributed by atoms with Crippen molar-refractivity contribution in [3.8, 4) is 5.75 Å². The van der Waals surface area contributed by atoms with E-state index in [4.69, 9.17) is 0 Å². The number of thiazole rings is 1. The van der Waals surface area contributed by atoms with Crippen molar-refractivity contribution in [2.75, 3.05) is 5.32 Å². The van der Waals surface area contributed by atoms with Crippen molar-refractivity contribution in [2.24, 2.45) is 0 Å². The molecule has 3 aromatic rings. The van der Waals surface area contributed by atoms with Crippen LogP contribution in [0.2, 0.25) is 0 Å². The highest BCUT2D eigenvalue weighted by Crippen LogP contribution is 2.27. The zero-order valence-corrected chi connectivity index (χ0v) is 10.9. The number of carbonyl (C=O) groups is 1. The average Bonchev–Trinajstić information content (AvgIpc) is 2.80. The van der Waals surface area contributed by atoms with E-state index in [1.54, 1.807) is 18.2 Å². The van der Waals surface area contributed by atoms with Gasteiger partial charge < -0.3 is 5.11 Å². The SMILES string of the molecule is O=C(Nc1nc2ccc(F)cc2s1)c1ccccc1O. The van der Waals surface area contributed by atoms with Crippen LogP contribution in [0.3, 0.4) is 0 Å². The van der Waals surface area contributed by atoms with Crippen molar-refractivity contribution in [3.63, 3.8) is 0 Å². The highest BCUT2D eigenvalue weighted by Gasteiger charge is 2.13. The molecule has 2 N–H and O–H groups in total. The number of nitrogens with zero attached hydrogens (tertiary/aromatic N) is 1. The number of hydrogen-bond acceptors (Lipinski definition) is 4. The number of anilines is 1. The monoisotopic (exact) mass is 288 g/mol. The number of para-hydroxylation sites is 1. The van der Waals surface area contributed by atoms with Crippen LogP contribution < -0.4 is 5.32 Å². The Balaban J connectivity index is 1.89. The first kappa shape index (κ1) is 12.6. The van der Waals surface area contributed by atoms with Gasteiger partial charge in [-0.2, -0.15) is 0 Å². The molecule has 0 radical (unpaired) electrons. The second-order valence-corrected chi connectivity index (χ2v) is 5.13. The first-order valence-corrected chi connectivity index (χ1v) is 6.60. The molecular weight excluding hydrogens is 279 g/mol. The van der Waals surface area contributed by atoms with Crippen LogP contribution in [0, 0.1) is 5.82 Å². The van der Waals surface area contributed by atoms with Crippen molar-refractivity contribution in [1.29, 1.82) is 0 Å². The smallest absolute Gasteiger partial charge is 0.261 e. The Kier molecular flexibility index (Phi) is 3.08. The number of benzene rings is 2. The summed E-state index contributed by atoms with van der Waals surface area (Å²) in [5, 5.41) is 12.6. The molecule has 0 bridgehead atoms. The number of aromatic nitrogens is 1. The van der Waals surface area contributed by atoms with Crippen LogP contribution in [0.1, 0.15) is 10.4 Å². The molecule has 1 amide bonds. The van der Waals surface area contributed by atoms with Crippen molar-refractivity contribution < 1.29 is 14.3 Å². The average molecular weight is 288 g/mol. The molecule has 1 aromatic heterocycles. The molecule has 0 unspecified atom stereocenters. The van der Waals surface area contributed by atoms with E-state index < -0.39 is 5.91 Å². The maximum atomic E-state index is 13.1. The molecule has 0 saturated carbocycles. The number of aromatic hydroxyl groups is 1. The number of phenolic OH excluding ortho intramolecular Hbond substituents is 1. The fraction of sp³-hybridized carbons (Fsp3) is 0. The molecule has 0 spiro atoms. The number of halogens is 1. The van der Waals surface area contributed by atoms with Gasteiger partial charge in [0.1, 0.15) is 11.6 Å². The Morgan fingerprint density at radius 2 is 2.05 bits per heavy atom. The van der Waals surface area contributed by atoms with Gasteiger partial charge in [0.05, 0.1) is 15.8 Å². The van der Waals surface area contributed by atoms with E-state index in [1.807, 2.05) is 0 Å². The van der Waals surface area contributed by atoms with Gasteiger partial charge in [-0.05, 0) is 30.3 Å². The van der Waals surface area contributed by atoms with Crippen molar-refractivity contribution in [1.82, 2.24) is 4.98 Å². The molecule has 0 aliphatic carbocycles. The Labute approximate surface area is 117 Å². The molecule has 20 heavy (non-hydrogen) atoms. The van der Waals surface area contributed by atoms with Gasteiger partial charge in [0.2, 0.25) is 0 Å². The first-order chi connectivity index (χ1) is 9.63. The summed E-state index contributed by atoms with van der Waals surface area (Å²) in [4.78, 5) is 16.2. The number of fused-ring (bicyclic) bond motifs is 1. The van der Waals surface area contributed by atoms with Gasteiger partial charge >= 0.3 is 0 Å². The Morgan fingerprint density at radius 1 is 1.25 bits per heavy atom. The summed E-state index contributed by atoms with van der Waals surface area (Å²) >= 11 is 1.18. The molecule has 0 saturated heterocycles. The van der Waals surface area contributed by atoms with Crippen LogP contribution in [0.25, 0.3) is 10.2 Å². The lowest BCUT2D eigenvalue weighted by Crippen LogP contribution is -2.11. The largest absolute Gasteiger partial charge is 0.507 e. The van der Waals surface area contributed by atoms with Crippen LogP contribution in [0.15, 0.2) is 42.5 Å². The topological polar surface area (TPSA) is 62.2 Å². The summed E-state index contributed by atoms with van der Waals surface area (Å²) in [6.07, 6.45) is 0. The normalized spacial score (nSPS) is 10.7. The highest BCUT2D eigenvalue weighted by atomic mass is 32.1. The standard InChI is InChI=1S/C14H9FN2O2S/c15-8-5-6-10-12(7-8)20-14(16-10)17-13(19)9-3-1-2-4-11(9)18/h1-7,18H,(H,16,17,19). The molecule has 100 valence electrons. The Bertz CT molecular complexity index is 801. The molecular formula is C14H9FN2O2S. The summed E-state index contributed by atoms with van der Waals surface area (Å²) in [5.74, 6) is -0.903. The number of amides is 1. The lowest BCUT2D eigenvalue weighted by atomic mass is 10.2. The fourth-order valence-corrected chi connectivity index (χ4v) is 2.67. The summed E-state index contributed by atoms with van der Waals surface area (Å²) in [6.45, 7) is 0. The van der Waals surface area contributed by atoms with Crippen LogP contribution in [-0.2, 0) is 0 Å². The number of hydrogen-bond donors (Lipinski definition) is 2. The second-order valence-electron chi connectivity index (χ2n) is 4.10. The molecule has 0 aliphatic rings. The van der Waals surface area contributed by atoms with Crippen LogP contribution in [0.5, 0.6) is 5.75 Å². The van der Waals surface area contributed by atoms with Crippen molar-refractivity contribution >= 4 is 32.6 Å². The van der Waals surface area contributed by atoms with Gasteiger partial charge in [-0.25, -0.2) is 9.37 Å². The van der Waals surface area contributed by atoms with E-state index in [1.165, 1.54) is 35.6 Å². The predicted molar refractivity (Wildman–Crippen MR) is 75.6 cm³/mol. The molecule has 6 heteroatoms. The lowest BCUT2D eigenvalue weighted by molar-refractivity contribution is 0.102. The van der Waals surface area contributed by atoms with Gasteiger partial charge in [-0.15, -0.1) is 0 Å². The summed E-state index contributed by atoms with van der Waals surface area (Å²) in [6, 6.07) is 10.5. The van der Waals surface area contributed by atoms with Crippen LogP contribution >= 0.6 is 11.3 Å². The maximum Gasteiger partial charge on any atom is 0.261 e. The van der Waals surface area contributed by atoms with E-state index in [9.17, 15) is 14.3 Å². The van der Waals surface area contributed by atoms with Gasteiger partial charge in [0.25, 0.3) is 5.91 Å². The van der Waals surface area contributed by atoms with E-state index in [2.05, 4.69) is 10.3 Å². The minimum absolute atomic E-state index is 0.0999. The lowest BCUT2D eigenvalue weighted by Gasteiger charge is -2.03. The quantitative estimate of drug-likeness (QED) is 0.759. The first-order valence-electron chi connectivity index (χ1n) is 5.79. The molecule has 4 nitrogen and oxygen atoms in total. The second kappa shape index (κ2) is 4.90. The van der Waals surface area contributed by atoms with Crippen molar-refractivity contribution in [3.05, 3.63) is 53.8 Å². The number of nitrogens with one attached hydrogen (secondary N) is 1. The number of carbonyl (C=O) groups excluding carboxylic acids is 1. The molecule has 2 aromatic carbocycles. The minimum atomic E-state index is -0.456. The third-order valence-electron chi connectivity index (χ3n) is 2.72. The van der Waals surface area contributed by atoms with Crippen molar-refractivity contribution in [2.45, 2.75) is 0 Å². The number of phenols is 1. The maximum absolute atomic E-state index is 13.1. The van der Waals surface area contributed by atoms with Gasteiger partial charge in [-0.3, -0.25) is 10.1 Å². The number of rotatable bonds is 2. The van der Waals surface area contributed by atoms with E-state index >= 15 is 0 Å². The Morgan fingerprint density at radius 3 is 2.85 bits per heavy atom. The van der Waals surface area contributed by atoms with Gasteiger partial charge in [0.15, 0.2) is 5.13 Å². The molecule has 0 aliphatic heterocycles. The zero-order chi connectivity index (χ0) is 14.1. The summed E-state index contributed by atoms with van der Waals surface area (Å²) in [5.41, 5.74) is 0.780. The molecule has 0 atom stereocenters.